The van der Waals surface area contributed by atoms with E-state index < -0.39 is 0 Å². The van der Waals surface area contributed by atoms with Gasteiger partial charge in [0.15, 0.2) is 6.61 Å². The lowest BCUT2D eigenvalue weighted by Gasteiger charge is -2.22. The van der Waals surface area contributed by atoms with Gasteiger partial charge < -0.3 is 9.15 Å². The highest BCUT2D eigenvalue weighted by Crippen LogP contribution is 2.30. The van der Waals surface area contributed by atoms with Gasteiger partial charge in [0, 0.05) is 0 Å². The van der Waals surface area contributed by atoms with E-state index in [2.05, 4.69) is 31.3 Å². The van der Waals surface area contributed by atoms with E-state index in [1.54, 1.807) is 31.4 Å². The molecule has 132 valence electrons. The van der Waals surface area contributed by atoms with Crippen molar-refractivity contribution in [3.05, 3.63) is 60.1 Å². The predicted octanol–water partition coefficient (Wildman–Crippen LogP) is 4.16. The molecule has 1 aromatic carbocycles. The van der Waals surface area contributed by atoms with Crippen molar-refractivity contribution in [2.24, 2.45) is 5.10 Å². The Labute approximate surface area is 148 Å². The van der Waals surface area contributed by atoms with Crippen LogP contribution in [0.25, 0.3) is 6.08 Å². The topological polar surface area (TPSA) is 63.8 Å². The number of carbonyl (C=O) groups excluding carboxylic acids is 1. The maximum atomic E-state index is 11.9. The van der Waals surface area contributed by atoms with Crippen LogP contribution >= 0.6 is 0 Å². The van der Waals surface area contributed by atoms with Gasteiger partial charge in [-0.25, -0.2) is 5.43 Å². The van der Waals surface area contributed by atoms with Crippen molar-refractivity contribution in [3.63, 3.8) is 0 Å². The maximum absolute atomic E-state index is 11.9. The number of amides is 1. The molecule has 0 bridgehead atoms. The van der Waals surface area contributed by atoms with Crippen molar-refractivity contribution in [2.75, 3.05) is 6.61 Å². The third-order valence-corrected chi connectivity index (χ3v) is 3.44. The monoisotopic (exact) mass is 340 g/mol. The predicted molar refractivity (Wildman–Crippen MR) is 99.6 cm³/mol. The second kappa shape index (κ2) is 8.33. The van der Waals surface area contributed by atoms with Gasteiger partial charge in [-0.05, 0) is 48.3 Å². The standard InChI is InChI=1S/C20H24N2O3/c1-15(11-12-16-8-7-13-24-16)21-22-19(23)14-25-18-10-6-5-9-17(18)20(2,3)4/h5-13H,14H2,1-4H3,(H,22,23)/b12-11-,21-15?. The van der Waals surface area contributed by atoms with Crippen molar-refractivity contribution in [1.29, 1.82) is 0 Å². The van der Waals surface area contributed by atoms with Crippen LogP contribution in [0.1, 0.15) is 39.0 Å². The Morgan fingerprint density at radius 3 is 2.68 bits per heavy atom. The first-order valence-corrected chi connectivity index (χ1v) is 8.13. The number of benzene rings is 1. The number of rotatable bonds is 6. The molecule has 1 heterocycles. The molecule has 0 spiro atoms. The fourth-order valence-electron chi connectivity index (χ4n) is 2.16. The van der Waals surface area contributed by atoms with E-state index in [0.29, 0.717) is 11.5 Å². The van der Waals surface area contributed by atoms with Gasteiger partial charge in [-0.1, -0.05) is 39.0 Å². The van der Waals surface area contributed by atoms with E-state index in [4.69, 9.17) is 9.15 Å². The van der Waals surface area contributed by atoms with Gasteiger partial charge in [-0.2, -0.15) is 5.10 Å². The zero-order chi connectivity index (χ0) is 18.3. The molecule has 1 aromatic heterocycles. The summed E-state index contributed by atoms with van der Waals surface area (Å²) in [6.07, 6.45) is 5.14. The van der Waals surface area contributed by atoms with Crippen LogP contribution in [0, 0.1) is 0 Å². The molecular formula is C20H24N2O3. The maximum Gasteiger partial charge on any atom is 0.277 e. The largest absolute Gasteiger partial charge is 0.483 e. The minimum absolute atomic E-state index is 0.0571. The molecule has 0 fully saturated rings. The van der Waals surface area contributed by atoms with Crippen LogP contribution in [-0.2, 0) is 10.2 Å². The van der Waals surface area contributed by atoms with E-state index in [1.807, 2.05) is 30.3 Å². The van der Waals surface area contributed by atoms with Crippen LogP contribution in [0.15, 0.2) is 58.3 Å². The first kappa shape index (κ1) is 18.5. The Morgan fingerprint density at radius 2 is 2.00 bits per heavy atom. The van der Waals surface area contributed by atoms with Gasteiger partial charge in [-0.3, -0.25) is 4.79 Å². The number of nitrogens with zero attached hydrogens (tertiary/aromatic N) is 1. The average molecular weight is 340 g/mol. The van der Waals surface area contributed by atoms with E-state index in [-0.39, 0.29) is 17.9 Å². The number of hydrazone groups is 1. The van der Waals surface area contributed by atoms with E-state index in [1.165, 1.54) is 0 Å². The van der Waals surface area contributed by atoms with Crippen LogP contribution in [0.3, 0.4) is 0 Å². The lowest BCUT2D eigenvalue weighted by Crippen LogP contribution is -2.26. The molecule has 0 saturated carbocycles. The molecule has 0 atom stereocenters. The lowest BCUT2D eigenvalue weighted by atomic mass is 9.86. The highest BCUT2D eigenvalue weighted by molar-refractivity contribution is 5.96. The second-order valence-electron chi connectivity index (χ2n) is 6.67. The Morgan fingerprint density at radius 1 is 1.24 bits per heavy atom. The van der Waals surface area contributed by atoms with Gasteiger partial charge >= 0.3 is 0 Å². The molecule has 25 heavy (non-hydrogen) atoms. The third-order valence-electron chi connectivity index (χ3n) is 3.44. The molecule has 2 aromatic rings. The fraction of sp³-hybridized carbons (Fsp3) is 0.300. The first-order chi connectivity index (χ1) is 11.9. The van der Waals surface area contributed by atoms with Gasteiger partial charge in [0.2, 0.25) is 0 Å². The van der Waals surface area contributed by atoms with Crippen LogP contribution in [0.4, 0.5) is 0 Å². The van der Waals surface area contributed by atoms with Crippen molar-refractivity contribution in [1.82, 2.24) is 5.43 Å². The second-order valence-corrected chi connectivity index (χ2v) is 6.67. The fourth-order valence-corrected chi connectivity index (χ4v) is 2.16. The number of hydrogen-bond acceptors (Lipinski definition) is 4. The number of hydrogen-bond donors (Lipinski definition) is 1. The van der Waals surface area contributed by atoms with Crippen LogP contribution in [0.5, 0.6) is 5.75 Å². The highest BCUT2D eigenvalue weighted by atomic mass is 16.5. The molecule has 0 aliphatic carbocycles. The van der Waals surface area contributed by atoms with Crippen molar-refractivity contribution < 1.29 is 13.9 Å². The zero-order valence-corrected chi connectivity index (χ0v) is 15.1. The smallest absolute Gasteiger partial charge is 0.277 e. The molecule has 0 radical (unpaired) electrons. The Kier molecular flexibility index (Phi) is 6.17. The summed E-state index contributed by atoms with van der Waals surface area (Å²) in [6, 6.07) is 11.4. The van der Waals surface area contributed by atoms with Crippen LogP contribution in [0.2, 0.25) is 0 Å². The van der Waals surface area contributed by atoms with Crippen LogP contribution in [-0.4, -0.2) is 18.2 Å². The summed E-state index contributed by atoms with van der Waals surface area (Å²) < 4.78 is 10.8. The van der Waals surface area contributed by atoms with E-state index in [0.717, 1.165) is 11.3 Å². The van der Waals surface area contributed by atoms with Gasteiger partial charge in [0.1, 0.15) is 11.5 Å². The summed E-state index contributed by atoms with van der Waals surface area (Å²) in [5.74, 6) is 1.13. The molecular weight excluding hydrogens is 316 g/mol. The summed E-state index contributed by atoms with van der Waals surface area (Å²) in [7, 11) is 0. The number of nitrogens with one attached hydrogen (secondary N) is 1. The number of ether oxygens (including phenoxy) is 1. The third kappa shape index (κ3) is 5.95. The Bertz CT molecular complexity index is 753. The molecule has 0 unspecified atom stereocenters. The van der Waals surface area contributed by atoms with Crippen molar-refractivity contribution in [2.45, 2.75) is 33.1 Å². The average Bonchev–Trinajstić information content (AvgIpc) is 3.09. The molecule has 5 nitrogen and oxygen atoms in total. The number of furan rings is 1. The van der Waals surface area contributed by atoms with E-state index >= 15 is 0 Å². The normalized spacial score (nSPS) is 12.4. The Hall–Kier alpha value is -2.82. The van der Waals surface area contributed by atoms with Crippen molar-refractivity contribution >= 4 is 17.7 Å². The van der Waals surface area contributed by atoms with Gasteiger partial charge in [-0.15, -0.1) is 0 Å². The molecule has 1 N–H and O–H groups in total. The number of para-hydroxylation sites is 1. The summed E-state index contributed by atoms with van der Waals surface area (Å²) in [6.45, 7) is 8.01. The SMILES string of the molecule is CC(/C=C\c1ccco1)=NNC(=O)COc1ccccc1C(C)(C)C. The summed E-state index contributed by atoms with van der Waals surface area (Å²) in [5.41, 5.74) is 4.14. The Balaban J connectivity index is 1.88. The molecule has 2 rings (SSSR count). The molecule has 0 aliphatic rings. The summed E-state index contributed by atoms with van der Waals surface area (Å²) in [4.78, 5) is 11.9. The molecule has 5 heteroatoms. The van der Waals surface area contributed by atoms with E-state index in [9.17, 15) is 4.79 Å². The van der Waals surface area contributed by atoms with Gasteiger partial charge in [0.05, 0.1) is 12.0 Å². The quantitative estimate of drug-likeness (QED) is 0.634. The molecule has 1 amide bonds. The number of allylic oxidation sites excluding steroid dienone is 1. The first-order valence-electron chi connectivity index (χ1n) is 8.13. The summed E-state index contributed by atoms with van der Waals surface area (Å²) >= 11 is 0. The summed E-state index contributed by atoms with van der Waals surface area (Å²) in [5, 5.41) is 4.02. The molecule has 0 aliphatic heterocycles. The van der Waals surface area contributed by atoms with Crippen LogP contribution < -0.4 is 10.2 Å². The lowest BCUT2D eigenvalue weighted by molar-refractivity contribution is -0.123. The number of carbonyl (C=O) groups is 1. The minimum atomic E-state index is -0.311. The van der Waals surface area contributed by atoms with Crippen molar-refractivity contribution in [3.8, 4) is 5.75 Å². The van der Waals surface area contributed by atoms with Gasteiger partial charge in [0.25, 0.3) is 5.91 Å². The minimum Gasteiger partial charge on any atom is -0.483 e. The highest BCUT2D eigenvalue weighted by Gasteiger charge is 2.18. The zero-order valence-electron chi connectivity index (χ0n) is 15.1. The molecule has 0 saturated heterocycles.